The number of carbonyl (C=O) groups is 3. The van der Waals surface area contributed by atoms with Gasteiger partial charge in [-0.1, -0.05) is 43.7 Å². The maximum atomic E-state index is 13.5. The van der Waals surface area contributed by atoms with Gasteiger partial charge in [0, 0.05) is 42.1 Å². The van der Waals surface area contributed by atoms with E-state index in [1.54, 1.807) is 43.2 Å². The molecule has 2 aromatic rings. The summed E-state index contributed by atoms with van der Waals surface area (Å²) < 4.78 is 25.7. The van der Waals surface area contributed by atoms with Crippen molar-refractivity contribution in [1.82, 2.24) is 24.9 Å². The maximum absolute atomic E-state index is 13.5. The monoisotopic (exact) mass is 709 g/mol. The molecule has 0 bridgehead atoms. The number of hydrogen-bond acceptors (Lipinski definition) is 13. The van der Waals surface area contributed by atoms with Crippen molar-refractivity contribution < 1.29 is 43.5 Å². The number of aliphatic hydroxyl groups is 2. The molecular weight excluding hydrogens is 658 g/mol. The highest BCUT2D eigenvalue weighted by molar-refractivity contribution is 5.91. The summed E-state index contributed by atoms with van der Waals surface area (Å²) in [6.07, 6.45) is 5.78. The Morgan fingerprint density at radius 1 is 1.16 bits per heavy atom. The van der Waals surface area contributed by atoms with Crippen LogP contribution in [-0.2, 0) is 39.9 Å². The first-order valence-corrected chi connectivity index (χ1v) is 17.7. The van der Waals surface area contributed by atoms with E-state index < -0.39 is 66.8 Å². The predicted molar refractivity (Wildman–Crippen MR) is 184 cm³/mol. The number of ketones is 1. The van der Waals surface area contributed by atoms with Crippen LogP contribution in [0, 0.1) is 23.7 Å². The van der Waals surface area contributed by atoms with E-state index >= 15 is 0 Å². The largest absolute Gasteiger partial charge is 0.462 e. The molecule has 3 aliphatic heterocycles. The molecule has 0 amide bonds. The Hall–Kier alpha value is -3.66. The van der Waals surface area contributed by atoms with Crippen molar-refractivity contribution in [3.05, 3.63) is 54.5 Å². The Kier molecular flexibility index (Phi) is 13.0. The molecule has 2 saturated heterocycles. The minimum atomic E-state index is -1.24. The zero-order valence-electron chi connectivity index (χ0n) is 30.1. The summed E-state index contributed by atoms with van der Waals surface area (Å²) in [4.78, 5) is 44.9. The molecule has 0 spiro atoms. The highest BCUT2D eigenvalue weighted by Gasteiger charge is 2.58. The molecule has 0 radical (unpaired) electrons. The lowest BCUT2D eigenvalue weighted by atomic mass is 9.79. The average Bonchev–Trinajstić information content (AvgIpc) is 3.71. The van der Waals surface area contributed by atoms with Gasteiger partial charge in [0.2, 0.25) is 0 Å². The molecule has 0 saturated carbocycles. The molecule has 2 aromatic heterocycles. The van der Waals surface area contributed by atoms with Crippen molar-refractivity contribution in [3.8, 4) is 11.3 Å². The minimum absolute atomic E-state index is 0.0271. The van der Waals surface area contributed by atoms with E-state index in [9.17, 15) is 24.6 Å². The summed E-state index contributed by atoms with van der Waals surface area (Å²) in [6, 6.07) is 3.31. The fourth-order valence-electron chi connectivity index (χ4n) is 7.18. The van der Waals surface area contributed by atoms with E-state index in [2.05, 4.69) is 15.3 Å². The van der Waals surface area contributed by atoms with Crippen molar-refractivity contribution in [1.29, 1.82) is 0 Å². The van der Waals surface area contributed by atoms with Crippen LogP contribution in [0.25, 0.3) is 11.3 Å². The Morgan fingerprint density at radius 2 is 1.94 bits per heavy atom. The summed E-state index contributed by atoms with van der Waals surface area (Å²) in [5.74, 6) is -2.86. The number of esters is 1. The summed E-state index contributed by atoms with van der Waals surface area (Å²) in [6.45, 7) is 7.63. The zero-order valence-corrected chi connectivity index (χ0v) is 30.1. The molecule has 0 aliphatic carbocycles. The van der Waals surface area contributed by atoms with Crippen LogP contribution in [0.4, 0.5) is 0 Å². The number of rotatable bonds is 9. The Labute approximate surface area is 298 Å². The van der Waals surface area contributed by atoms with Crippen LogP contribution in [0.5, 0.6) is 0 Å². The van der Waals surface area contributed by atoms with Gasteiger partial charge in [0.25, 0.3) is 0 Å². The van der Waals surface area contributed by atoms with E-state index in [4.69, 9.17) is 18.9 Å². The second-order valence-electron chi connectivity index (χ2n) is 14.3. The standard InChI is InChI=1S/C37H51N5O9/c1-7-30-26(19-42-20-27(39-40-42)25-9-8-13-38-18-25)15-21(2)10-11-28(44)22(3)16-24(12-14-43)34(23(4)29(45)17-31(46)48-30)49-36-33(47)32(41(5)6)35-37(50-35)51-36/h8-11,13-15,18,20,22-24,26,29-30,32-37,45,47H,7,12,16-17,19H2,1-6H3/b11-10+,21-15+/t22-,23+,24+,26-,29-,30-,32?,33?,34-,35?,36-,37+/m1/s1. The molecule has 12 atom stereocenters. The van der Waals surface area contributed by atoms with Gasteiger partial charge in [-0.05, 0) is 58.0 Å². The number of fused-ring (bicyclic) bond motifs is 1. The smallest absolute Gasteiger partial charge is 0.308 e. The molecule has 51 heavy (non-hydrogen) atoms. The first-order chi connectivity index (χ1) is 24.4. The molecule has 5 heterocycles. The highest BCUT2D eigenvalue weighted by Crippen LogP contribution is 2.40. The number of aromatic nitrogens is 4. The number of hydrogen-bond donors (Lipinski definition) is 2. The summed E-state index contributed by atoms with van der Waals surface area (Å²) in [5, 5.41) is 31.4. The maximum Gasteiger partial charge on any atom is 0.308 e. The van der Waals surface area contributed by atoms with Gasteiger partial charge in [-0.3, -0.25) is 19.3 Å². The second-order valence-corrected chi connectivity index (χ2v) is 14.3. The molecule has 2 fully saturated rings. The van der Waals surface area contributed by atoms with Crippen LogP contribution in [0.1, 0.15) is 53.4 Å². The number of carbonyl (C=O) groups excluding carboxylic acids is 3. The third kappa shape index (κ3) is 9.62. The summed E-state index contributed by atoms with van der Waals surface area (Å²) in [7, 11) is 3.65. The fraction of sp³-hybridized carbons (Fsp3) is 0.622. The first-order valence-electron chi connectivity index (χ1n) is 17.7. The van der Waals surface area contributed by atoms with Gasteiger partial charge in [0.1, 0.15) is 30.3 Å². The molecule has 3 unspecified atom stereocenters. The lowest BCUT2D eigenvalue weighted by Gasteiger charge is -2.41. The van der Waals surface area contributed by atoms with Gasteiger partial charge < -0.3 is 38.9 Å². The summed E-state index contributed by atoms with van der Waals surface area (Å²) >= 11 is 0. The molecule has 0 aromatic carbocycles. The number of ether oxygens (including phenoxy) is 4. The van der Waals surface area contributed by atoms with Crippen LogP contribution in [0.15, 0.2) is 54.5 Å². The van der Waals surface area contributed by atoms with E-state index in [0.29, 0.717) is 18.7 Å². The van der Waals surface area contributed by atoms with Crippen LogP contribution in [-0.4, -0.2) is 116 Å². The fourth-order valence-corrected chi connectivity index (χ4v) is 7.18. The van der Waals surface area contributed by atoms with Crippen molar-refractivity contribution in [2.45, 2.75) is 109 Å². The van der Waals surface area contributed by atoms with Gasteiger partial charge in [0.05, 0.1) is 37.4 Å². The van der Waals surface area contributed by atoms with Crippen molar-refractivity contribution in [2.24, 2.45) is 23.7 Å². The van der Waals surface area contributed by atoms with Gasteiger partial charge in [0.15, 0.2) is 18.4 Å². The average molecular weight is 710 g/mol. The predicted octanol–water partition coefficient (Wildman–Crippen LogP) is 2.74. The third-order valence-corrected chi connectivity index (χ3v) is 10.2. The number of aliphatic hydroxyl groups excluding tert-OH is 2. The highest BCUT2D eigenvalue weighted by atomic mass is 16.8. The number of epoxide rings is 1. The lowest BCUT2D eigenvalue weighted by molar-refractivity contribution is -0.269. The van der Waals surface area contributed by atoms with Crippen molar-refractivity contribution in [3.63, 3.8) is 0 Å². The second kappa shape index (κ2) is 17.2. The number of allylic oxidation sites excluding steroid dienone is 3. The van der Waals surface area contributed by atoms with E-state index in [0.717, 1.165) is 17.4 Å². The number of nitrogens with zero attached hydrogens (tertiary/aromatic N) is 5. The van der Waals surface area contributed by atoms with Gasteiger partial charge in [-0.25, -0.2) is 0 Å². The van der Waals surface area contributed by atoms with Crippen LogP contribution in [0.3, 0.4) is 0 Å². The van der Waals surface area contributed by atoms with Crippen molar-refractivity contribution in [2.75, 3.05) is 14.1 Å². The normalized spacial score (nSPS) is 36.8. The molecule has 278 valence electrons. The van der Waals surface area contributed by atoms with E-state index in [1.165, 1.54) is 6.08 Å². The quantitative estimate of drug-likeness (QED) is 0.221. The lowest BCUT2D eigenvalue weighted by Crippen LogP contribution is -2.56. The molecule has 2 N–H and O–H groups in total. The van der Waals surface area contributed by atoms with E-state index in [1.807, 2.05) is 51.1 Å². The van der Waals surface area contributed by atoms with Crippen LogP contribution in [0.2, 0.25) is 0 Å². The zero-order chi connectivity index (χ0) is 36.8. The first kappa shape index (κ1) is 38.6. The summed E-state index contributed by atoms with van der Waals surface area (Å²) in [5.41, 5.74) is 2.25. The number of pyridine rings is 1. The van der Waals surface area contributed by atoms with Crippen LogP contribution >= 0.6 is 0 Å². The molecule has 14 heteroatoms. The molecule has 3 aliphatic rings. The molecule has 5 rings (SSSR count). The Balaban J connectivity index is 1.42. The number of cyclic esters (lactones) is 1. The van der Waals surface area contributed by atoms with Gasteiger partial charge >= 0.3 is 5.97 Å². The van der Waals surface area contributed by atoms with Gasteiger partial charge in [-0.2, -0.15) is 0 Å². The Morgan fingerprint density at radius 3 is 2.63 bits per heavy atom. The number of likely N-dealkylation sites (N-methyl/N-ethyl adjacent to an activating group) is 1. The SMILES string of the molecule is CC[C@H]1OC(=O)C[C@@H](O)[C@H](C)[C@@H](O[C@@H]2O[C@@H]3OC3C(N(C)C)C2O)[C@@H](CC=O)C[C@@H](C)C(=O)/C=C/C(C)=C/[C@@H]1Cn1cc(-c2cccnc2)nn1. The van der Waals surface area contributed by atoms with Gasteiger partial charge in [-0.15, -0.1) is 5.10 Å². The van der Waals surface area contributed by atoms with Crippen molar-refractivity contribution >= 4 is 18.0 Å². The Bertz CT molecular complexity index is 1550. The molecule has 14 nitrogen and oxygen atoms in total. The van der Waals surface area contributed by atoms with E-state index in [-0.39, 0.29) is 37.1 Å². The van der Waals surface area contributed by atoms with Crippen LogP contribution < -0.4 is 0 Å². The third-order valence-electron chi connectivity index (χ3n) is 10.2. The topological polar surface area (TPSA) is 179 Å². The number of aldehydes is 1. The minimum Gasteiger partial charge on any atom is -0.462 e. The molecular formula is C37H51N5O9.